The van der Waals surface area contributed by atoms with Gasteiger partial charge in [-0.25, -0.2) is 0 Å². The zero-order valence-corrected chi connectivity index (χ0v) is 10.9. The molecule has 1 aromatic carbocycles. The number of alkyl halides is 3. The second-order valence-electron chi connectivity index (χ2n) is 3.96. The summed E-state index contributed by atoms with van der Waals surface area (Å²) in [5, 5.41) is 2.68. The van der Waals surface area contributed by atoms with E-state index in [0.717, 1.165) is 6.07 Å². The molecule has 0 aliphatic carbocycles. The van der Waals surface area contributed by atoms with Gasteiger partial charge >= 0.3 is 6.18 Å². The molecule has 0 amide bonds. The van der Waals surface area contributed by atoms with E-state index in [-0.39, 0.29) is 10.7 Å². The molecule has 1 heterocycles. The smallest absolute Gasteiger partial charge is 0.388 e. The molecular weight excluding hydrogens is 287 g/mol. The Morgan fingerprint density at radius 2 is 1.85 bits per heavy atom. The van der Waals surface area contributed by atoms with Crippen LogP contribution in [0.25, 0.3) is 0 Å². The van der Waals surface area contributed by atoms with Gasteiger partial charge in [0.1, 0.15) is 4.99 Å². The van der Waals surface area contributed by atoms with E-state index in [1.807, 2.05) is 0 Å². The monoisotopic (exact) mass is 297 g/mol. The molecule has 0 saturated carbocycles. The summed E-state index contributed by atoms with van der Waals surface area (Å²) in [6, 6.07) is 8.33. The molecular formula is C13H10F3N3S. The Labute approximate surface area is 118 Å². The predicted molar refractivity (Wildman–Crippen MR) is 74.9 cm³/mol. The first-order chi connectivity index (χ1) is 9.38. The quantitative estimate of drug-likeness (QED) is 0.852. The van der Waals surface area contributed by atoms with Crippen LogP contribution in [0, 0.1) is 0 Å². The van der Waals surface area contributed by atoms with Crippen LogP contribution in [0.1, 0.15) is 11.3 Å². The molecule has 104 valence electrons. The maximum absolute atomic E-state index is 12.8. The second-order valence-corrected chi connectivity index (χ2v) is 4.40. The maximum atomic E-state index is 12.8. The van der Waals surface area contributed by atoms with Gasteiger partial charge in [-0.3, -0.25) is 4.98 Å². The molecule has 0 unspecified atom stereocenters. The lowest BCUT2D eigenvalue weighted by Crippen LogP contribution is -2.11. The number of hydrogen-bond donors (Lipinski definition) is 2. The van der Waals surface area contributed by atoms with Crippen LogP contribution in [0.15, 0.2) is 42.6 Å². The van der Waals surface area contributed by atoms with Crippen LogP contribution in [-0.2, 0) is 6.18 Å². The number of halogens is 3. The van der Waals surface area contributed by atoms with Crippen molar-refractivity contribution in [2.24, 2.45) is 5.73 Å². The fourth-order valence-corrected chi connectivity index (χ4v) is 1.73. The van der Waals surface area contributed by atoms with E-state index in [2.05, 4.69) is 10.3 Å². The van der Waals surface area contributed by atoms with Gasteiger partial charge in [-0.15, -0.1) is 0 Å². The van der Waals surface area contributed by atoms with Crippen LogP contribution in [-0.4, -0.2) is 9.97 Å². The van der Waals surface area contributed by atoms with Crippen LogP contribution < -0.4 is 11.1 Å². The standard InChI is InChI=1S/C13H10F3N3S/c14-13(15,16)9-3-1-2-4-10(9)19-8-5-6-11(12(17)20)18-7-8/h1-7,19H,(H2,17,20). The lowest BCUT2D eigenvalue weighted by atomic mass is 10.1. The first kappa shape index (κ1) is 14.3. The molecule has 3 N–H and O–H groups in total. The molecule has 2 aromatic rings. The van der Waals surface area contributed by atoms with Crippen molar-refractivity contribution in [3.8, 4) is 0 Å². The zero-order chi connectivity index (χ0) is 14.8. The third-order valence-corrected chi connectivity index (χ3v) is 2.74. The highest BCUT2D eigenvalue weighted by atomic mass is 32.1. The van der Waals surface area contributed by atoms with Crippen LogP contribution in [0.3, 0.4) is 0 Å². The summed E-state index contributed by atoms with van der Waals surface area (Å²) in [6.07, 6.45) is -3.04. The molecule has 1 aromatic heterocycles. The Kier molecular flexibility index (Phi) is 3.89. The van der Waals surface area contributed by atoms with Gasteiger partial charge in [0.05, 0.1) is 28.8 Å². The molecule has 0 aliphatic rings. The summed E-state index contributed by atoms with van der Waals surface area (Å²) < 4.78 is 38.5. The molecule has 7 heteroatoms. The Bertz CT molecular complexity index is 624. The van der Waals surface area contributed by atoms with Gasteiger partial charge in [0.25, 0.3) is 0 Å². The van der Waals surface area contributed by atoms with Gasteiger partial charge in [-0.05, 0) is 24.3 Å². The van der Waals surface area contributed by atoms with Crippen LogP contribution in [0.5, 0.6) is 0 Å². The summed E-state index contributed by atoms with van der Waals surface area (Å²) in [7, 11) is 0. The van der Waals surface area contributed by atoms with E-state index in [4.69, 9.17) is 18.0 Å². The van der Waals surface area contributed by atoms with Crippen molar-refractivity contribution < 1.29 is 13.2 Å². The molecule has 0 radical (unpaired) electrons. The largest absolute Gasteiger partial charge is 0.418 e. The van der Waals surface area contributed by atoms with E-state index in [1.165, 1.54) is 24.4 Å². The normalized spacial score (nSPS) is 11.2. The SMILES string of the molecule is NC(=S)c1ccc(Nc2ccccc2C(F)(F)F)cn1. The second kappa shape index (κ2) is 5.46. The van der Waals surface area contributed by atoms with Crippen molar-refractivity contribution in [1.29, 1.82) is 0 Å². The number of nitrogens with one attached hydrogen (secondary N) is 1. The van der Waals surface area contributed by atoms with Crippen LogP contribution >= 0.6 is 12.2 Å². The summed E-state index contributed by atoms with van der Waals surface area (Å²) in [4.78, 5) is 4.09. The van der Waals surface area contributed by atoms with E-state index >= 15 is 0 Å². The molecule has 0 atom stereocenters. The lowest BCUT2D eigenvalue weighted by molar-refractivity contribution is -0.136. The van der Waals surface area contributed by atoms with Crippen molar-refractivity contribution in [3.63, 3.8) is 0 Å². The summed E-state index contributed by atoms with van der Waals surface area (Å²) in [6.45, 7) is 0. The van der Waals surface area contributed by atoms with E-state index in [1.54, 1.807) is 12.1 Å². The molecule has 0 aliphatic heterocycles. The number of nitrogens with zero attached hydrogens (tertiary/aromatic N) is 1. The average molecular weight is 297 g/mol. The van der Waals surface area contributed by atoms with Crippen LogP contribution in [0.4, 0.5) is 24.5 Å². The Morgan fingerprint density at radius 3 is 2.40 bits per heavy atom. The Balaban J connectivity index is 2.28. The highest BCUT2D eigenvalue weighted by molar-refractivity contribution is 7.80. The van der Waals surface area contributed by atoms with Crippen LogP contribution in [0.2, 0.25) is 0 Å². The number of nitrogens with two attached hydrogens (primary N) is 1. The van der Waals surface area contributed by atoms with Gasteiger partial charge in [-0.2, -0.15) is 13.2 Å². The number of aromatic nitrogens is 1. The molecule has 0 bridgehead atoms. The lowest BCUT2D eigenvalue weighted by Gasteiger charge is -2.14. The number of rotatable bonds is 3. The third kappa shape index (κ3) is 3.24. The Hall–Kier alpha value is -2.15. The fourth-order valence-electron chi connectivity index (χ4n) is 1.61. The average Bonchev–Trinajstić information content (AvgIpc) is 2.38. The minimum atomic E-state index is -4.42. The summed E-state index contributed by atoms with van der Waals surface area (Å²) in [5.41, 5.74) is 5.45. The number of benzene rings is 1. The highest BCUT2D eigenvalue weighted by Gasteiger charge is 2.33. The molecule has 0 spiro atoms. The number of thiocarbonyl (C=S) groups is 1. The van der Waals surface area contributed by atoms with Crippen molar-refractivity contribution in [1.82, 2.24) is 4.98 Å². The number of hydrogen-bond acceptors (Lipinski definition) is 3. The minimum absolute atomic E-state index is 0.0372. The topological polar surface area (TPSA) is 50.9 Å². The van der Waals surface area contributed by atoms with E-state index in [0.29, 0.717) is 11.4 Å². The number of pyridine rings is 1. The third-order valence-electron chi connectivity index (χ3n) is 2.53. The zero-order valence-electron chi connectivity index (χ0n) is 10.1. The maximum Gasteiger partial charge on any atom is 0.418 e. The first-order valence-corrected chi connectivity index (χ1v) is 5.98. The molecule has 3 nitrogen and oxygen atoms in total. The van der Waals surface area contributed by atoms with E-state index < -0.39 is 11.7 Å². The van der Waals surface area contributed by atoms with Gasteiger partial charge in [0.2, 0.25) is 0 Å². The highest BCUT2D eigenvalue weighted by Crippen LogP contribution is 2.35. The van der Waals surface area contributed by atoms with Crippen molar-refractivity contribution in [3.05, 3.63) is 53.9 Å². The van der Waals surface area contributed by atoms with E-state index in [9.17, 15) is 13.2 Å². The van der Waals surface area contributed by atoms with Crippen molar-refractivity contribution in [2.75, 3.05) is 5.32 Å². The fraction of sp³-hybridized carbons (Fsp3) is 0.0769. The molecule has 20 heavy (non-hydrogen) atoms. The summed E-state index contributed by atoms with van der Waals surface area (Å²) in [5.74, 6) is 0. The Morgan fingerprint density at radius 1 is 1.15 bits per heavy atom. The summed E-state index contributed by atoms with van der Waals surface area (Å²) >= 11 is 4.75. The number of para-hydroxylation sites is 1. The minimum Gasteiger partial charge on any atom is -0.388 e. The molecule has 0 saturated heterocycles. The molecule has 0 fully saturated rings. The van der Waals surface area contributed by atoms with Gasteiger partial charge in [0.15, 0.2) is 0 Å². The van der Waals surface area contributed by atoms with Crippen molar-refractivity contribution >= 4 is 28.6 Å². The number of anilines is 2. The first-order valence-electron chi connectivity index (χ1n) is 5.57. The van der Waals surface area contributed by atoms with Gasteiger partial charge in [0, 0.05) is 0 Å². The van der Waals surface area contributed by atoms with Gasteiger partial charge in [-0.1, -0.05) is 24.4 Å². The van der Waals surface area contributed by atoms with Gasteiger partial charge < -0.3 is 11.1 Å². The van der Waals surface area contributed by atoms with Crippen molar-refractivity contribution in [2.45, 2.75) is 6.18 Å². The predicted octanol–water partition coefficient (Wildman–Crippen LogP) is 3.48. The molecule has 2 rings (SSSR count).